The molecule has 1 fully saturated rings. The maximum Gasteiger partial charge on any atom is 0.307 e. The molecule has 0 spiro atoms. The van der Waals surface area contributed by atoms with Crippen LogP contribution in [0.2, 0.25) is 0 Å². The average Bonchev–Trinajstić information content (AvgIpc) is 2.58. The summed E-state index contributed by atoms with van der Waals surface area (Å²) in [6.07, 6.45) is 3.97. The molecule has 4 heteroatoms. The van der Waals surface area contributed by atoms with Crippen molar-refractivity contribution in [3.05, 3.63) is 20.7 Å². The first-order valence-electron chi connectivity index (χ1n) is 6.07. The van der Waals surface area contributed by atoms with Crippen LogP contribution in [0.3, 0.4) is 0 Å². The van der Waals surface area contributed by atoms with Crippen molar-refractivity contribution in [2.45, 2.75) is 45.7 Å². The van der Waals surface area contributed by atoms with Crippen LogP contribution in [-0.2, 0) is 6.54 Å². The van der Waals surface area contributed by atoms with Crippen LogP contribution in [0.4, 0.5) is 0 Å². The van der Waals surface area contributed by atoms with Gasteiger partial charge in [0.25, 0.3) is 0 Å². The highest BCUT2D eigenvalue weighted by molar-refractivity contribution is 7.07. The van der Waals surface area contributed by atoms with E-state index in [4.69, 9.17) is 0 Å². The van der Waals surface area contributed by atoms with Crippen LogP contribution in [0.1, 0.15) is 31.9 Å². The van der Waals surface area contributed by atoms with Crippen molar-refractivity contribution in [2.24, 2.45) is 0 Å². The van der Waals surface area contributed by atoms with Crippen molar-refractivity contribution in [3.63, 3.8) is 0 Å². The maximum absolute atomic E-state index is 11.6. The van der Waals surface area contributed by atoms with Crippen molar-refractivity contribution in [2.75, 3.05) is 13.1 Å². The highest BCUT2D eigenvalue weighted by atomic mass is 32.1. The number of thiazole rings is 1. The van der Waals surface area contributed by atoms with Crippen molar-refractivity contribution >= 4 is 11.3 Å². The second kappa shape index (κ2) is 5.15. The van der Waals surface area contributed by atoms with Crippen LogP contribution in [0.25, 0.3) is 0 Å². The van der Waals surface area contributed by atoms with Gasteiger partial charge in [-0.25, -0.2) is 0 Å². The molecular weight excluding hydrogens is 220 g/mol. The molecule has 2 rings (SSSR count). The Morgan fingerprint density at radius 1 is 1.44 bits per heavy atom. The van der Waals surface area contributed by atoms with Gasteiger partial charge in [-0.2, -0.15) is 0 Å². The monoisotopic (exact) mass is 240 g/mol. The quantitative estimate of drug-likeness (QED) is 0.808. The van der Waals surface area contributed by atoms with Crippen molar-refractivity contribution < 1.29 is 0 Å². The second-order valence-electron chi connectivity index (χ2n) is 4.68. The van der Waals surface area contributed by atoms with Gasteiger partial charge in [0.05, 0.1) is 0 Å². The summed E-state index contributed by atoms with van der Waals surface area (Å²) in [5.41, 5.74) is 1.10. The first-order valence-corrected chi connectivity index (χ1v) is 6.95. The molecule has 0 aromatic carbocycles. The van der Waals surface area contributed by atoms with E-state index < -0.39 is 0 Å². The van der Waals surface area contributed by atoms with E-state index in [0.29, 0.717) is 6.04 Å². The van der Waals surface area contributed by atoms with Crippen molar-refractivity contribution in [1.82, 2.24) is 9.47 Å². The van der Waals surface area contributed by atoms with Gasteiger partial charge in [-0.05, 0) is 33.2 Å². The highest BCUT2D eigenvalue weighted by Gasteiger charge is 2.17. The van der Waals surface area contributed by atoms with Gasteiger partial charge in [-0.3, -0.25) is 9.69 Å². The lowest BCUT2D eigenvalue weighted by Gasteiger charge is -2.33. The maximum atomic E-state index is 11.6. The highest BCUT2D eigenvalue weighted by Crippen LogP contribution is 2.16. The predicted molar refractivity (Wildman–Crippen MR) is 68.2 cm³/mol. The van der Waals surface area contributed by atoms with Gasteiger partial charge >= 0.3 is 4.87 Å². The van der Waals surface area contributed by atoms with Crippen molar-refractivity contribution in [1.29, 1.82) is 0 Å². The minimum atomic E-state index is 0.183. The van der Waals surface area contributed by atoms with Crippen LogP contribution in [-0.4, -0.2) is 28.6 Å². The van der Waals surface area contributed by atoms with E-state index in [0.717, 1.165) is 18.8 Å². The van der Waals surface area contributed by atoms with E-state index in [-0.39, 0.29) is 4.87 Å². The number of rotatable bonds is 3. The Balaban J connectivity index is 1.94. The zero-order valence-electron chi connectivity index (χ0n) is 10.1. The molecule has 1 aliphatic rings. The standard InChI is InChI=1S/C12H20N2OS/c1-10-5-3-4-6-13(10)7-8-14-11(2)9-16-12(14)15/h9-10H,3-8H2,1-2H3. The molecule has 0 N–H and O–H groups in total. The minimum Gasteiger partial charge on any atom is -0.302 e. The number of nitrogens with zero attached hydrogens (tertiary/aromatic N) is 2. The smallest absolute Gasteiger partial charge is 0.302 e. The van der Waals surface area contributed by atoms with E-state index in [1.165, 1.54) is 37.1 Å². The Morgan fingerprint density at radius 3 is 2.88 bits per heavy atom. The summed E-state index contributed by atoms with van der Waals surface area (Å²) in [6.45, 7) is 7.36. The third kappa shape index (κ3) is 2.55. The lowest BCUT2D eigenvalue weighted by atomic mass is 10.0. The fourth-order valence-electron chi connectivity index (χ4n) is 2.39. The number of piperidine rings is 1. The molecule has 1 atom stereocenters. The lowest BCUT2D eigenvalue weighted by molar-refractivity contribution is 0.154. The fourth-order valence-corrected chi connectivity index (χ4v) is 3.15. The molecule has 0 bridgehead atoms. The first-order chi connectivity index (χ1) is 7.68. The Labute approximate surface area is 101 Å². The van der Waals surface area contributed by atoms with Gasteiger partial charge in [0, 0.05) is 30.2 Å². The topological polar surface area (TPSA) is 25.2 Å². The lowest BCUT2D eigenvalue weighted by Crippen LogP contribution is -2.40. The van der Waals surface area contributed by atoms with Crippen LogP contribution >= 0.6 is 11.3 Å². The number of hydrogen-bond acceptors (Lipinski definition) is 3. The number of likely N-dealkylation sites (tertiary alicyclic amines) is 1. The summed E-state index contributed by atoms with van der Waals surface area (Å²) in [7, 11) is 0. The molecule has 90 valence electrons. The summed E-state index contributed by atoms with van der Waals surface area (Å²) in [6, 6.07) is 0.684. The van der Waals surface area contributed by atoms with E-state index in [1.54, 1.807) is 0 Å². The molecule has 1 aliphatic heterocycles. The molecular formula is C12H20N2OS. The zero-order valence-corrected chi connectivity index (χ0v) is 10.9. The summed E-state index contributed by atoms with van der Waals surface area (Å²) in [4.78, 5) is 14.2. The minimum absolute atomic E-state index is 0.183. The van der Waals surface area contributed by atoms with Gasteiger partial charge in [0.2, 0.25) is 0 Å². The third-order valence-electron chi connectivity index (χ3n) is 3.53. The molecule has 2 heterocycles. The fraction of sp³-hybridized carbons (Fsp3) is 0.750. The number of aromatic nitrogens is 1. The van der Waals surface area contributed by atoms with Crippen LogP contribution in [0, 0.1) is 6.92 Å². The van der Waals surface area contributed by atoms with E-state index in [2.05, 4.69) is 11.8 Å². The van der Waals surface area contributed by atoms with Gasteiger partial charge < -0.3 is 4.57 Å². The Morgan fingerprint density at radius 2 is 2.25 bits per heavy atom. The summed E-state index contributed by atoms with van der Waals surface area (Å²) >= 11 is 1.31. The largest absolute Gasteiger partial charge is 0.307 e. The van der Waals surface area contributed by atoms with Crippen LogP contribution in [0.5, 0.6) is 0 Å². The Bertz CT molecular complexity index is 396. The summed E-state index contributed by atoms with van der Waals surface area (Å²) in [5.74, 6) is 0. The predicted octanol–water partition coefficient (Wildman–Crippen LogP) is 2.09. The van der Waals surface area contributed by atoms with Gasteiger partial charge in [0.15, 0.2) is 0 Å². The number of aryl methyl sites for hydroxylation is 1. The molecule has 1 aromatic rings. The molecule has 16 heavy (non-hydrogen) atoms. The molecule has 0 aliphatic carbocycles. The molecule has 0 saturated carbocycles. The second-order valence-corrected chi connectivity index (χ2v) is 5.50. The van der Waals surface area contributed by atoms with Crippen LogP contribution in [0.15, 0.2) is 10.2 Å². The van der Waals surface area contributed by atoms with Crippen molar-refractivity contribution in [3.8, 4) is 0 Å². The van der Waals surface area contributed by atoms with Gasteiger partial charge in [-0.15, -0.1) is 0 Å². The van der Waals surface area contributed by atoms with E-state index in [9.17, 15) is 4.79 Å². The van der Waals surface area contributed by atoms with Crippen LogP contribution < -0.4 is 4.87 Å². The van der Waals surface area contributed by atoms with E-state index >= 15 is 0 Å². The number of hydrogen-bond donors (Lipinski definition) is 0. The molecule has 0 radical (unpaired) electrons. The SMILES string of the molecule is Cc1csc(=O)n1CCN1CCCCC1C. The average molecular weight is 240 g/mol. The summed E-state index contributed by atoms with van der Waals surface area (Å²) < 4.78 is 1.89. The van der Waals surface area contributed by atoms with Gasteiger partial charge in [-0.1, -0.05) is 17.8 Å². The molecule has 1 aromatic heterocycles. The summed E-state index contributed by atoms with van der Waals surface area (Å²) in [5, 5.41) is 1.95. The normalized spacial score (nSPS) is 22.5. The zero-order chi connectivity index (χ0) is 11.5. The third-order valence-corrected chi connectivity index (χ3v) is 4.41. The Kier molecular flexibility index (Phi) is 3.82. The molecule has 3 nitrogen and oxygen atoms in total. The van der Waals surface area contributed by atoms with E-state index in [1.807, 2.05) is 16.9 Å². The molecule has 1 saturated heterocycles. The molecule has 1 unspecified atom stereocenters. The Hall–Kier alpha value is -0.610. The van der Waals surface area contributed by atoms with Gasteiger partial charge in [0.1, 0.15) is 0 Å². The molecule has 0 amide bonds. The first kappa shape index (κ1) is 11.9.